The lowest BCUT2D eigenvalue weighted by Gasteiger charge is -2.10. The number of nitrogens with one attached hydrogen (secondary N) is 1. The highest BCUT2D eigenvalue weighted by atomic mass is 35.5. The Labute approximate surface area is 166 Å². The number of fused-ring (bicyclic) bond motifs is 1. The highest BCUT2D eigenvalue weighted by molar-refractivity contribution is 6.36. The van der Waals surface area contributed by atoms with E-state index in [2.05, 4.69) is 25.3 Å². The standard InChI is InChI=1S/C18H17Cl2N7/c19-11-3-4-12(13(20)10-11)17-26-14-2-1-7-24-16(14)18(27-17)25-9-8-23-15(22)5-6-21/h1-7,10H,8-9,21H2,(H2,22,23)(H,25,26,27). The highest BCUT2D eigenvalue weighted by Crippen LogP contribution is 2.30. The molecule has 7 nitrogen and oxygen atoms in total. The van der Waals surface area contributed by atoms with Crippen molar-refractivity contribution in [3.63, 3.8) is 0 Å². The smallest absolute Gasteiger partial charge is 0.163 e. The van der Waals surface area contributed by atoms with Crippen LogP contribution in [0, 0.1) is 0 Å². The Bertz CT molecular complexity index is 1020. The van der Waals surface area contributed by atoms with E-state index in [4.69, 9.17) is 34.7 Å². The average molecular weight is 402 g/mol. The number of nitrogens with zero attached hydrogens (tertiary/aromatic N) is 4. The summed E-state index contributed by atoms with van der Waals surface area (Å²) in [7, 11) is 0. The molecule has 2 heterocycles. The number of hydrogen-bond acceptors (Lipinski definition) is 6. The monoisotopic (exact) mass is 401 g/mol. The lowest BCUT2D eigenvalue weighted by atomic mass is 10.2. The van der Waals surface area contributed by atoms with Gasteiger partial charge < -0.3 is 16.8 Å². The van der Waals surface area contributed by atoms with Crippen LogP contribution in [-0.2, 0) is 0 Å². The fourth-order valence-electron chi connectivity index (χ4n) is 2.39. The molecular weight excluding hydrogens is 385 g/mol. The quantitative estimate of drug-likeness (QED) is 0.331. The molecule has 1 aromatic carbocycles. The van der Waals surface area contributed by atoms with Gasteiger partial charge in [-0.15, -0.1) is 0 Å². The molecule has 3 aromatic rings. The second-order valence-corrected chi connectivity index (χ2v) is 6.33. The van der Waals surface area contributed by atoms with Gasteiger partial charge in [0, 0.05) is 23.3 Å². The van der Waals surface area contributed by atoms with Crippen molar-refractivity contribution in [2.24, 2.45) is 16.5 Å². The van der Waals surface area contributed by atoms with E-state index in [1.807, 2.05) is 12.1 Å². The van der Waals surface area contributed by atoms with Crippen molar-refractivity contribution in [3.05, 3.63) is 58.8 Å². The Morgan fingerprint density at radius 3 is 2.85 bits per heavy atom. The molecule has 138 valence electrons. The molecule has 0 saturated carbocycles. The first-order valence-corrected chi connectivity index (χ1v) is 8.84. The summed E-state index contributed by atoms with van der Waals surface area (Å²) < 4.78 is 0. The van der Waals surface area contributed by atoms with Crippen LogP contribution >= 0.6 is 23.2 Å². The highest BCUT2D eigenvalue weighted by Gasteiger charge is 2.12. The Morgan fingerprint density at radius 2 is 2.07 bits per heavy atom. The number of benzene rings is 1. The van der Waals surface area contributed by atoms with Gasteiger partial charge in [-0.25, -0.2) is 9.97 Å². The summed E-state index contributed by atoms with van der Waals surface area (Å²) in [5.74, 6) is 1.43. The molecule has 5 N–H and O–H groups in total. The number of anilines is 1. The van der Waals surface area contributed by atoms with Gasteiger partial charge in [0.25, 0.3) is 0 Å². The number of nitrogens with two attached hydrogens (primary N) is 2. The molecule has 0 unspecified atom stereocenters. The van der Waals surface area contributed by atoms with Crippen molar-refractivity contribution in [1.29, 1.82) is 0 Å². The predicted molar refractivity (Wildman–Crippen MR) is 111 cm³/mol. The lowest BCUT2D eigenvalue weighted by Crippen LogP contribution is -2.13. The van der Waals surface area contributed by atoms with E-state index >= 15 is 0 Å². The molecule has 0 aliphatic heterocycles. The van der Waals surface area contributed by atoms with Gasteiger partial charge in [0.05, 0.1) is 17.1 Å². The predicted octanol–water partition coefficient (Wildman–Crippen LogP) is 3.24. The maximum atomic E-state index is 6.31. The second kappa shape index (κ2) is 8.66. The first-order chi connectivity index (χ1) is 13.1. The number of amidine groups is 1. The number of aromatic nitrogens is 3. The van der Waals surface area contributed by atoms with Gasteiger partial charge >= 0.3 is 0 Å². The van der Waals surface area contributed by atoms with Crippen LogP contribution in [0.1, 0.15) is 0 Å². The molecule has 0 atom stereocenters. The summed E-state index contributed by atoms with van der Waals surface area (Å²) in [5, 5.41) is 4.25. The molecule has 0 radical (unpaired) electrons. The first kappa shape index (κ1) is 18.9. The van der Waals surface area contributed by atoms with Crippen LogP contribution in [0.2, 0.25) is 10.0 Å². The van der Waals surface area contributed by atoms with E-state index in [9.17, 15) is 0 Å². The van der Waals surface area contributed by atoms with Crippen LogP contribution < -0.4 is 16.8 Å². The summed E-state index contributed by atoms with van der Waals surface area (Å²) in [6.45, 7) is 0.959. The Balaban J connectivity index is 1.93. The minimum Gasteiger partial charge on any atom is -0.404 e. The van der Waals surface area contributed by atoms with E-state index in [0.717, 1.165) is 0 Å². The lowest BCUT2D eigenvalue weighted by molar-refractivity contribution is 1.01. The third-order valence-corrected chi connectivity index (χ3v) is 4.14. The van der Waals surface area contributed by atoms with Gasteiger partial charge in [-0.1, -0.05) is 23.2 Å². The normalized spacial score (nSPS) is 12.0. The number of halogens is 2. The molecule has 0 spiro atoms. The largest absolute Gasteiger partial charge is 0.404 e. The number of rotatable bonds is 6. The molecule has 2 aromatic heterocycles. The maximum absolute atomic E-state index is 6.31. The minimum atomic E-state index is 0.360. The molecule has 0 bridgehead atoms. The summed E-state index contributed by atoms with van der Waals surface area (Å²) >= 11 is 12.3. The summed E-state index contributed by atoms with van der Waals surface area (Å²) in [5.41, 5.74) is 13.0. The SMILES string of the molecule is NC=CC(N)=NCCNc1nc(-c2ccc(Cl)cc2Cl)nc2cccnc12. The summed E-state index contributed by atoms with van der Waals surface area (Å²) in [6, 6.07) is 8.87. The van der Waals surface area contributed by atoms with Crippen molar-refractivity contribution >= 4 is 45.9 Å². The van der Waals surface area contributed by atoms with Gasteiger partial charge in [-0.2, -0.15) is 0 Å². The van der Waals surface area contributed by atoms with Crippen LogP contribution in [0.5, 0.6) is 0 Å². The van der Waals surface area contributed by atoms with E-state index in [-0.39, 0.29) is 0 Å². The van der Waals surface area contributed by atoms with Crippen LogP contribution in [0.15, 0.2) is 53.8 Å². The zero-order chi connectivity index (χ0) is 19.2. The average Bonchev–Trinajstić information content (AvgIpc) is 2.65. The zero-order valence-electron chi connectivity index (χ0n) is 14.2. The van der Waals surface area contributed by atoms with Crippen molar-refractivity contribution < 1.29 is 0 Å². The third-order valence-electron chi connectivity index (χ3n) is 3.59. The second-order valence-electron chi connectivity index (χ2n) is 5.48. The van der Waals surface area contributed by atoms with Gasteiger partial charge in [0.1, 0.15) is 11.4 Å². The number of aliphatic imine (C=N–C) groups is 1. The van der Waals surface area contributed by atoms with Crippen molar-refractivity contribution in [2.45, 2.75) is 0 Å². The van der Waals surface area contributed by atoms with Crippen LogP contribution in [0.25, 0.3) is 22.4 Å². The van der Waals surface area contributed by atoms with Crippen LogP contribution in [-0.4, -0.2) is 33.9 Å². The van der Waals surface area contributed by atoms with E-state index in [0.29, 0.717) is 57.2 Å². The van der Waals surface area contributed by atoms with Crippen LogP contribution in [0.4, 0.5) is 5.82 Å². The van der Waals surface area contributed by atoms with Crippen molar-refractivity contribution in [1.82, 2.24) is 15.0 Å². The molecule has 9 heteroatoms. The van der Waals surface area contributed by atoms with Gasteiger partial charge in [0.2, 0.25) is 0 Å². The molecule has 3 rings (SSSR count). The fraction of sp³-hybridized carbons (Fsp3) is 0.111. The van der Waals surface area contributed by atoms with Gasteiger partial charge in [-0.05, 0) is 42.6 Å². The van der Waals surface area contributed by atoms with Crippen LogP contribution in [0.3, 0.4) is 0 Å². The molecule has 0 fully saturated rings. The van der Waals surface area contributed by atoms with Gasteiger partial charge in [-0.3, -0.25) is 9.98 Å². The van der Waals surface area contributed by atoms with E-state index < -0.39 is 0 Å². The fourth-order valence-corrected chi connectivity index (χ4v) is 2.89. The van der Waals surface area contributed by atoms with Gasteiger partial charge in [0.15, 0.2) is 11.6 Å². The van der Waals surface area contributed by atoms with E-state index in [1.54, 1.807) is 24.4 Å². The topological polar surface area (TPSA) is 115 Å². The molecule has 0 saturated heterocycles. The Morgan fingerprint density at radius 1 is 1.22 bits per heavy atom. The molecule has 0 aliphatic carbocycles. The first-order valence-electron chi connectivity index (χ1n) is 8.08. The van der Waals surface area contributed by atoms with Crippen molar-refractivity contribution in [3.8, 4) is 11.4 Å². The Hall–Kier alpha value is -2.90. The summed E-state index contributed by atoms with van der Waals surface area (Å²) in [6.07, 6.45) is 4.56. The third kappa shape index (κ3) is 4.64. The molecule has 27 heavy (non-hydrogen) atoms. The minimum absolute atomic E-state index is 0.360. The molecule has 0 aliphatic rings. The number of pyridine rings is 1. The molecular formula is C18H17Cl2N7. The Kier molecular flexibility index (Phi) is 6.05. The summed E-state index contributed by atoms with van der Waals surface area (Å²) in [4.78, 5) is 17.7. The van der Waals surface area contributed by atoms with E-state index in [1.165, 1.54) is 12.3 Å². The van der Waals surface area contributed by atoms with Crippen molar-refractivity contribution in [2.75, 3.05) is 18.4 Å². The maximum Gasteiger partial charge on any atom is 0.163 e. The molecule has 0 amide bonds. The number of hydrogen-bond donors (Lipinski definition) is 3. The zero-order valence-corrected chi connectivity index (χ0v) is 15.7.